The maximum atomic E-state index is 10.9. The molecule has 0 amide bonds. The van der Waals surface area contributed by atoms with E-state index >= 15 is 0 Å². The third-order valence-corrected chi connectivity index (χ3v) is 2.51. The van der Waals surface area contributed by atoms with E-state index in [0.717, 1.165) is 12.1 Å². The first kappa shape index (κ1) is 12.8. The molecule has 0 saturated carbocycles. The predicted molar refractivity (Wildman–Crippen MR) is 54.6 cm³/mol. The molecule has 0 spiro atoms. The summed E-state index contributed by atoms with van der Waals surface area (Å²) in [5.74, 6) is -4.92. The Kier molecular flexibility index (Phi) is 3.55. The van der Waals surface area contributed by atoms with E-state index in [4.69, 9.17) is 15.3 Å². The Bertz CT molecular complexity index is 534. The zero-order valence-corrected chi connectivity index (χ0v) is 8.97. The van der Waals surface area contributed by atoms with Crippen molar-refractivity contribution in [1.82, 2.24) is 0 Å². The molecule has 0 aliphatic heterocycles. The number of carboxylic acids is 3. The molecule has 0 aliphatic rings. The Balaban J connectivity index is 3.77. The van der Waals surface area contributed by atoms with Crippen molar-refractivity contribution in [3.05, 3.63) is 28.8 Å². The van der Waals surface area contributed by atoms with Gasteiger partial charge in [0.05, 0.1) is 22.0 Å². The van der Waals surface area contributed by atoms with E-state index < -0.39 is 43.1 Å². The number of benzene rings is 1. The summed E-state index contributed by atoms with van der Waals surface area (Å²) in [5.41, 5.74) is -2.33. The Hall–Kier alpha value is -2.27. The van der Waals surface area contributed by atoms with Crippen molar-refractivity contribution in [1.29, 1.82) is 0 Å². The summed E-state index contributed by atoms with van der Waals surface area (Å²) in [6.45, 7) is 0. The first-order chi connectivity index (χ1) is 7.90. The molecular formula is C9H5O7P. The molecular weight excluding hydrogens is 251 g/mol. The van der Waals surface area contributed by atoms with E-state index in [1.807, 2.05) is 0 Å². The van der Waals surface area contributed by atoms with Crippen molar-refractivity contribution in [3.8, 4) is 0 Å². The summed E-state index contributed by atoms with van der Waals surface area (Å²) in [5, 5.41) is 26.1. The number of carboxylic acid groups (broad SMARTS) is 3. The summed E-state index contributed by atoms with van der Waals surface area (Å²) < 4.78 is 10.7. The maximum absolute atomic E-state index is 10.9. The molecule has 0 unspecified atom stereocenters. The number of carbonyl (C=O) groups is 3. The summed E-state index contributed by atoms with van der Waals surface area (Å²) in [4.78, 5) is 32.5. The van der Waals surface area contributed by atoms with E-state index in [0.29, 0.717) is 0 Å². The lowest BCUT2D eigenvalue weighted by atomic mass is 10.0. The smallest absolute Gasteiger partial charge is 0.337 e. The van der Waals surface area contributed by atoms with Crippen molar-refractivity contribution in [2.45, 2.75) is 0 Å². The van der Waals surface area contributed by atoms with Gasteiger partial charge in [-0.1, -0.05) is 0 Å². The van der Waals surface area contributed by atoms with Crippen LogP contribution in [0.4, 0.5) is 0 Å². The minimum absolute atomic E-state index is 0.292. The predicted octanol–water partition coefficient (Wildman–Crippen LogP) is 0.698. The molecule has 0 fully saturated rings. The maximum Gasteiger partial charge on any atom is 0.337 e. The van der Waals surface area contributed by atoms with Crippen LogP contribution in [0.3, 0.4) is 0 Å². The molecule has 0 atom stereocenters. The molecule has 3 N–H and O–H groups in total. The Morgan fingerprint density at radius 2 is 1.41 bits per heavy atom. The fourth-order valence-corrected chi connectivity index (χ4v) is 1.72. The molecule has 0 saturated heterocycles. The van der Waals surface area contributed by atoms with Gasteiger partial charge in [-0.25, -0.2) is 14.4 Å². The van der Waals surface area contributed by atoms with Crippen LogP contribution in [0.25, 0.3) is 0 Å². The average Bonchev–Trinajstić information content (AvgIpc) is 2.26. The van der Waals surface area contributed by atoms with Gasteiger partial charge < -0.3 is 15.3 Å². The second-order valence-electron chi connectivity index (χ2n) is 2.89. The van der Waals surface area contributed by atoms with E-state index in [-0.39, 0.29) is 5.30 Å². The minimum atomic E-state index is -1.70. The summed E-state index contributed by atoms with van der Waals surface area (Å²) in [7, 11) is -0.699. The lowest BCUT2D eigenvalue weighted by molar-refractivity contribution is 0.0634. The van der Waals surface area contributed by atoms with E-state index in [1.54, 1.807) is 0 Å². The van der Waals surface area contributed by atoms with E-state index in [1.165, 1.54) is 0 Å². The van der Waals surface area contributed by atoms with Crippen LogP contribution >= 0.6 is 8.46 Å². The topological polar surface area (TPSA) is 129 Å². The van der Waals surface area contributed by atoms with Crippen LogP contribution in [0.1, 0.15) is 31.1 Å². The van der Waals surface area contributed by atoms with Gasteiger partial charge in [0.2, 0.25) is 0 Å². The average molecular weight is 256 g/mol. The number of aromatic carboxylic acids is 3. The molecule has 0 heterocycles. The monoisotopic (exact) mass is 256 g/mol. The van der Waals surface area contributed by atoms with Crippen molar-refractivity contribution in [2.24, 2.45) is 0 Å². The van der Waals surface area contributed by atoms with Crippen molar-refractivity contribution >= 4 is 31.7 Å². The molecule has 1 aromatic carbocycles. The first-order valence-corrected chi connectivity index (χ1v) is 4.91. The van der Waals surface area contributed by atoms with Gasteiger partial charge in [-0.05, 0) is 12.1 Å². The van der Waals surface area contributed by atoms with Crippen molar-refractivity contribution in [3.63, 3.8) is 0 Å². The quantitative estimate of drug-likeness (QED) is 0.676. The zero-order valence-electron chi connectivity index (χ0n) is 8.08. The zero-order chi connectivity index (χ0) is 13.2. The Labute approximate surface area is 95.5 Å². The van der Waals surface area contributed by atoms with Gasteiger partial charge in [-0.2, -0.15) is 0 Å². The third kappa shape index (κ3) is 2.29. The largest absolute Gasteiger partial charge is 0.478 e. The second kappa shape index (κ2) is 4.71. The van der Waals surface area contributed by atoms with E-state index in [2.05, 4.69) is 0 Å². The van der Waals surface area contributed by atoms with Gasteiger partial charge in [-0.15, -0.1) is 0 Å². The second-order valence-corrected chi connectivity index (χ2v) is 3.55. The number of rotatable bonds is 4. The fourth-order valence-electron chi connectivity index (χ4n) is 1.28. The first-order valence-electron chi connectivity index (χ1n) is 4.10. The highest BCUT2D eigenvalue weighted by atomic mass is 31.1. The summed E-state index contributed by atoms with van der Waals surface area (Å²) in [6, 6.07) is 1.90. The molecule has 88 valence electrons. The number of hydrogen-bond donors (Lipinski definition) is 3. The van der Waals surface area contributed by atoms with Crippen molar-refractivity contribution in [2.75, 3.05) is 0 Å². The van der Waals surface area contributed by atoms with Crippen LogP contribution in [0.2, 0.25) is 0 Å². The highest BCUT2D eigenvalue weighted by Crippen LogP contribution is 2.17. The van der Waals surface area contributed by atoms with Gasteiger partial charge in [-0.3, -0.25) is 4.57 Å². The lowest BCUT2D eigenvalue weighted by Gasteiger charge is -2.07. The standard InChI is InChI=1S/C9H5O7P/c10-7(11)3-1-2-4(17-16)6(9(14)15)5(3)8(12)13/h1-2H,(H,10,11)(H,12,13)(H,14,15). The summed E-state index contributed by atoms with van der Waals surface area (Å²) >= 11 is 0. The van der Waals surface area contributed by atoms with E-state index in [9.17, 15) is 18.9 Å². The molecule has 1 aromatic rings. The van der Waals surface area contributed by atoms with Gasteiger partial charge in [0.1, 0.15) is 0 Å². The van der Waals surface area contributed by atoms with Crippen LogP contribution in [0.5, 0.6) is 0 Å². The van der Waals surface area contributed by atoms with Gasteiger partial charge in [0.15, 0.2) is 8.46 Å². The molecule has 1 rings (SSSR count). The number of hydrogen-bond acceptors (Lipinski definition) is 4. The van der Waals surface area contributed by atoms with Crippen LogP contribution in [0.15, 0.2) is 12.1 Å². The van der Waals surface area contributed by atoms with Crippen molar-refractivity contribution < 1.29 is 34.3 Å². The lowest BCUT2D eigenvalue weighted by Crippen LogP contribution is -2.21. The Morgan fingerprint density at radius 1 is 0.882 bits per heavy atom. The molecule has 0 radical (unpaired) electrons. The van der Waals surface area contributed by atoms with Gasteiger partial charge >= 0.3 is 17.9 Å². The Morgan fingerprint density at radius 3 is 1.76 bits per heavy atom. The van der Waals surface area contributed by atoms with Gasteiger partial charge in [0, 0.05) is 0 Å². The SMILES string of the molecule is O=Pc1ccc(C(=O)O)c(C(=O)O)c1C(=O)O. The summed E-state index contributed by atoms with van der Waals surface area (Å²) in [6.07, 6.45) is 0. The minimum Gasteiger partial charge on any atom is -0.478 e. The van der Waals surface area contributed by atoms with Crippen LogP contribution in [-0.4, -0.2) is 33.2 Å². The molecule has 8 heteroatoms. The van der Waals surface area contributed by atoms with Crippen LogP contribution in [-0.2, 0) is 4.57 Å². The normalized spacial score (nSPS) is 10.1. The highest BCUT2D eigenvalue weighted by Gasteiger charge is 2.27. The van der Waals surface area contributed by atoms with Gasteiger partial charge in [0.25, 0.3) is 0 Å². The molecule has 17 heavy (non-hydrogen) atoms. The molecule has 0 bridgehead atoms. The highest BCUT2D eigenvalue weighted by molar-refractivity contribution is 7.34. The molecule has 0 aliphatic carbocycles. The van der Waals surface area contributed by atoms with Crippen LogP contribution < -0.4 is 5.30 Å². The molecule has 7 nitrogen and oxygen atoms in total. The van der Waals surface area contributed by atoms with Crippen LogP contribution in [0, 0.1) is 0 Å². The third-order valence-electron chi connectivity index (χ3n) is 1.94. The fraction of sp³-hybridized carbons (Fsp3) is 0. The molecule has 0 aromatic heterocycles.